The van der Waals surface area contributed by atoms with E-state index in [1.54, 1.807) is 0 Å². The topological polar surface area (TPSA) is 66.0 Å². The van der Waals surface area contributed by atoms with Gasteiger partial charge in [-0.15, -0.1) is 0 Å². The predicted molar refractivity (Wildman–Crippen MR) is 86.1 cm³/mol. The number of anilines is 1. The Morgan fingerprint density at radius 3 is 2.33 bits per heavy atom. The molecule has 0 radical (unpaired) electrons. The molecule has 1 aromatic heterocycles. The van der Waals surface area contributed by atoms with E-state index >= 15 is 0 Å². The van der Waals surface area contributed by atoms with Crippen molar-refractivity contribution in [3.8, 4) is 0 Å². The van der Waals surface area contributed by atoms with Crippen LogP contribution in [0.3, 0.4) is 0 Å². The molecule has 4 nitrogen and oxygen atoms in total. The molecule has 0 atom stereocenters. The molecule has 0 amide bonds. The summed E-state index contributed by atoms with van der Waals surface area (Å²) in [6, 6.07) is 12.4. The van der Waals surface area contributed by atoms with Gasteiger partial charge in [0.05, 0.1) is 0 Å². The van der Waals surface area contributed by atoms with Crippen molar-refractivity contribution in [2.24, 2.45) is 5.73 Å². The van der Waals surface area contributed by atoms with Crippen LogP contribution in [-0.2, 0) is 12.8 Å². The molecule has 2 aromatic rings. The Kier molecular flexibility index (Phi) is 3.60. The van der Waals surface area contributed by atoms with Crippen LogP contribution in [-0.4, -0.2) is 23.9 Å². The van der Waals surface area contributed by atoms with Gasteiger partial charge in [-0.05, 0) is 43.0 Å². The Bertz CT molecular complexity index is 651. The quantitative estimate of drug-likeness (QED) is 0.655. The van der Waals surface area contributed by atoms with Crippen LogP contribution in [0.5, 0.6) is 0 Å². The number of nitrogen functional groups attached to an aromatic ring is 1. The smallest absolute Gasteiger partial charge is 0.129 e. The molecule has 3 N–H and O–H groups in total. The van der Waals surface area contributed by atoms with Gasteiger partial charge in [-0.1, -0.05) is 24.3 Å². The largest absolute Gasteiger partial charge is 0.384 e. The second-order valence-corrected chi connectivity index (χ2v) is 5.52. The summed E-state index contributed by atoms with van der Waals surface area (Å²) in [4.78, 5) is 6.91. The first-order chi connectivity index (χ1) is 10.1. The molecule has 1 aliphatic heterocycles. The molecule has 0 bridgehead atoms. The summed E-state index contributed by atoms with van der Waals surface area (Å²) in [5.74, 6) is 1.02. The first-order valence-electron chi connectivity index (χ1n) is 7.28. The molecular weight excluding hydrogens is 260 g/mol. The number of amidine groups is 1. The summed E-state index contributed by atoms with van der Waals surface area (Å²) in [5, 5.41) is 7.62. The molecule has 1 aliphatic rings. The monoisotopic (exact) mass is 280 g/mol. The number of rotatable bonds is 2. The SMILES string of the molecule is Cc1cc(C(=N)N)cc(N2CCc3ccccc3CC2)n1. The van der Waals surface area contributed by atoms with Gasteiger partial charge in [-0.2, -0.15) is 0 Å². The third kappa shape index (κ3) is 2.89. The van der Waals surface area contributed by atoms with E-state index in [0.29, 0.717) is 0 Å². The zero-order valence-electron chi connectivity index (χ0n) is 12.3. The van der Waals surface area contributed by atoms with Crippen molar-refractivity contribution in [2.45, 2.75) is 19.8 Å². The molecule has 1 aromatic carbocycles. The van der Waals surface area contributed by atoms with Crippen molar-refractivity contribution >= 4 is 11.7 Å². The van der Waals surface area contributed by atoms with Gasteiger partial charge in [-0.3, -0.25) is 5.41 Å². The van der Waals surface area contributed by atoms with Gasteiger partial charge >= 0.3 is 0 Å². The van der Waals surface area contributed by atoms with E-state index in [1.165, 1.54) is 11.1 Å². The second kappa shape index (κ2) is 5.56. The minimum absolute atomic E-state index is 0.0971. The molecule has 0 unspecified atom stereocenters. The molecule has 0 fully saturated rings. The number of hydrogen-bond donors (Lipinski definition) is 2. The predicted octanol–water partition coefficient (Wildman–Crippen LogP) is 2.28. The average molecular weight is 280 g/mol. The van der Waals surface area contributed by atoms with Crippen molar-refractivity contribution in [2.75, 3.05) is 18.0 Å². The lowest BCUT2D eigenvalue weighted by Gasteiger charge is -2.22. The molecule has 3 rings (SSSR count). The lowest BCUT2D eigenvalue weighted by Crippen LogP contribution is -2.27. The number of benzene rings is 1. The van der Waals surface area contributed by atoms with Crippen molar-refractivity contribution < 1.29 is 0 Å². The first kappa shape index (κ1) is 13.6. The second-order valence-electron chi connectivity index (χ2n) is 5.52. The standard InChI is InChI=1S/C17H20N4/c1-12-10-15(17(18)19)11-16(20-12)21-8-6-13-4-2-3-5-14(13)7-9-21/h2-5,10-11H,6-9H2,1H3,(H3,18,19). The number of nitrogens with two attached hydrogens (primary N) is 1. The Hall–Kier alpha value is -2.36. The molecule has 0 saturated carbocycles. The van der Waals surface area contributed by atoms with Gasteiger partial charge < -0.3 is 10.6 Å². The maximum Gasteiger partial charge on any atom is 0.129 e. The maximum absolute atomic E-state index is 7.62. The van der Waals surface area contributed by atoms with E-state index < -0.39 is 0 Å². The fourth-order valence-corrected chi connectivity index (χ4v) is 2.87. The molecule has 0 saturated heterocycles. The molecule has 2 heterocycles. The van der Waals surface area contributed by atoms with E-state index in [9.17, 15) is 0 Å². The number of hydrogen-bond acceptors (Lipinski definition) is 3. The Balaban J connectivity index is 1.87. The molecule has 108 valence electrons. The van der Waals surface area contributed by atoms with E-state index in [4.69, 9.17) is 11.1 Å². The van der Waals surface area contributed by atoms with E-state index in [0.717, 1.165) is 43.0 Å². The number of nitrogens with zero attached hydrogens (tertiary/aromatic N) is 2. The lowest BCUT2D eigenvalue weighted by atomic mass is 10.0. The molecule has 4 heteroatoms. The van der Waals surface area contributed by atoms with Crippen LogP contribution in [0.2, 0.25) is 0 Å². The van der Waals surface area contributed by atoms with Crippen molar-refractivity contribution in [3.63, 3.8) is 0 Å². The minimum atomic E-state index is 0.0971. The minimum Gasteiger partial charge on any atom is -0.384 e. The van der Waals surface area contributed by atoms with E-state index in [2.05, 4.69) is 34.1 Å². The van der Waals surface area contributed by atoms with Crippen LogP contribution in [0.25, 0.3) is 0 Å². The van der Waals surface area contributed by atoms with Crippen LogP contribution >= 0.6 is 0 Å². The fourth-order valence-electron chi connectivity index (χ4n) is 2.87. The first-order valence-corrected chi connectivity index (χ1v) is 7.28. The highest BCUT2D eigenvalue weighted by atomic mass is 15.2. The fraction of sp³-hybridized carbons (Fsp3) is 0.294. The highest BCUT2D eigenvalue weighted by molar-refractivity contribution is 5.95. The number of fused-ring (bicyclic) bond motifs is 1. The number of aromatic nitrogens is 1. The van der Waals surface area contributed by atoms with Crippen molar-refractivity contribution in [3.05, 3.63) is 58.8 Å². The van der Waals surface area contributed by atoms with Crippen LogP contribution in [0.15, 0.2) is 36.4 Å². The van der Waals surface area contributed by atoms with Crippen LogP contribution in [0, 0.1) is 12.3 Å². The number of aryl methyl sites for hydroxylation is 1. The van der Waals surface area contributed by atoms with Gasteiger partial charge in [0.25, 0.3) is 0 Å². The summed E-state index contributed by atoms with van der Waals surface area (Å²) in [6.07, 6.45) is 2.06. The third-order valence-electron chi connectivity index (χ3n) is 4.00. The summed E-state index contributed by atoms with van der Waals surface area (Å²) in [6.45, 7) is 3.85. The van der Waals surface area contributed by atoms with Gasteiger partial charge in [0.15, 0.2) is 0 Å². The highest BCUT2D eigenvalue weighted by Crippen LogP contribution is 2.21. The summed E-state index contributed by atoms with van der Waals surface area (Å²) >= 11 is 0. The molecule has 0 spiro atoms. The maximum atomic E-state index is 7.62. The van der Waals surface area contributed by atoms with Gasteiger partial charge in [0.1, 0.15) is 11.7 Å². The molecular formula is C17H20N4. The Labute approximate surface area is 125 Å². The van der Waals surface area contributed by atoms with Gasteiger partial charge in [-0.25, -0.2) is 4.98 Å². The zero-order chi connectivity index (χ0) is 14.8. The third-order valence-corrected chi connectivity index (χ3v) is 4.00. The van der Waals surface area contributed by atoms with Crippen molar-refractivity contribution in [1.29, 1.82) is 5.41 Å². The van der Waals surface area contributed by atoms with Gasteiger partial charge in [0.2, 0.25) is 0 Å². The van der Waals surface area contributed by atoms with E-state index in [1.807, 2.05) is 19.1 Å². The molecule has 0 aliphatic carbocycles. The van der Waals surface area contributed by atoms with Crippen LogP contribution < -0.4 is 10.6 Å². The summed E-state index contributed by atoms with van der Waals surface area (Å²) in [7, 11) is 0. The Morgan fingerprint density at radius 2 is 1.76 bits per heavy atom. The average Bonchev–Trinajstić information content (AvgIpc) is 2.69. The lowest BCUT2D eigenvalue weighted by molar-refractivity contribution is 0.788. The normalized spacial score (nSPS) is 14.4. The van der Waals surface area contributed by atoms with Crippen LogP contribution in [0.4, 0.5) is 5.82 Å². The van der Waals surface area contributed by atoms with Crippen molar-refractivity contribution in [1.82, 2.24) is 4.98 Å². The summed E-state index contributed by atoms with van der Waals surface area (Å²) < 4.78 is 0. The number of nitrogens with one attached hydrogen (secondary N) is 1. The van der Waals surface area contributed by atoms with Crippen LogP contribution in [0.1, 0.15) is 22.4 Å². The van der Waals surface area contributed by atoms with E-state index in [-0.39, 0.29) is 5.84 Å². The Morgan fingerprint density at radius 1 is 1.14 bits per heavy atom. The number of pyridine rings is 1. The molecule has 21 heavy (non-hydrogen) atoms. The van der Waals surface area contributed by atoms with Gasteiger partial charge in [0, 0.05) is 24.3 Å². The highest BCUT2D eigenvalue weighted by Gasteiger charge is 2.16. The zero-order valence-corrected chi connectivity index (χ0v) is 12.3. The summed E-state index contributed by atoms with van der Waals surface area (Å²) in [5.41, 5.74) is 10.1.